The molecule has 9 heteroatoms. The van der Waals surface area contributed by atoms with Gasteiger partial charge in [0.15, 0.2) is 10.7 Å². The van der Waals surface area contributed by atoms with E-state index in [0.29, 0.717) is 22.7 Å². The summed E-state index contributed by atoms with van der Waals surface area (Å²) in [6.07, 6.45) is 5.67. The lowest BCUT2D eigenvalue weighted by molar-refractivity contribution is 0.0932. The molecule has 0 radical (unpaired) electrons. The van der Waals surface area contributed by atoms with E-state index in [9.17, 15) is 4.39 Å². The summed E-state index contributed by atoms with van der Waals surface area (Å²) in [4.78, 5) is 12.2. The molecule has 1 aliphatic rings. The minimum atomic E-state index is -0.883. The van der Waals surface area contributed by atoms with Crippen LogP contribution in [0.4, 0.5) is 9.52 Å². The van der Waals surface area contributed by atoms with Crippen molar-refractivity contribution in [3.8, 4) is 5.75 Å². The molecule has 1 unspecified atom stereocenters. The largest absolute Gasteiger partial charge is 0.485 e. The van der Waals surface area contributed by atoms with Crippen molar-refractivity contribution in [1.29, 1.82) is 0 Å². The van der Waals surface area contributed by atoms with Gasteiger partial charge >= 0.3 is 0 Å². The molecule has 2 aromatic heterocycles. The summed E-state index contributed by atoms with van der Waals surface area (Å²) < 4.78 is 29.3. The van der Waals surface area contributed by atoms with Gasteiger partial charge in [0.2, 0.25) is 5.89 Å². The van der Waals surface area contributed by atoms with Crippen LogP contribution in [-0.2, 0) is 4.74 Å². The van der Waals surface area contributed by atoms with Crippen LogP contribution in [-0.4, -0.2) is 60.8 Å². The lowest BCUT2D eigenvalue weighted by Gasteiger charge is -2.17. The van der Waals surface area contributed by atoms with Crippen LogP contribution in [0.15, 0.2) is 28.8 Å². The third-order valence-electron chi connectivity index (χ3n) is 4.45. The van der Waals surface area contributed by atoms with E-state index < -0.39 is 12.8 Å². The predicted molar refractivity (Wildman–Crippen MR) is 110 cm³/mol. The SMILES string of the molecule is OCC(CF)Oc1ccc2nc(C=Cc3cnc(N4CCCOCC4)s3)oc2c1. The standard InChI is InChI=1S/C20H22FN3O4S/c21-11-15(13-25)27-14-2-4-17-18(10-14)28-19(23-17)5-3-16-12-22-20(29-16)24-6-1-8-26-9-7-24/h2-5,10,12,15,25H,1,6-9,11,13H2. The van der Waals surface area contributed by atoms with Crippen molar-refractivity contribution in [2.24, 2.45) is 0 Å². The second-order valence-electron chi connectivity index (χ2n) is 6.59. The van der Waals surface area contributed by atoms with Crippen molar-refractivity contribution in [3.63, 3.8) is 0 Å². The van der Waals surface area contributed by atoms with Crippen LogP contribution in [0.1, 0.15) is 17.2 Å². The van der Waals surface area contributed by atoms with Gasteiger partial charge in [-0.05, 0) is 24.6 Å². The third kappa shape index (κ3) is 4.92. The number of nitrogens with zero attached hydrogens (tertiary/aromatic N) is 3. The Bertz CT molecular complexity index is 962. The summed E-state index contributed by atoms with van der Waals surface area (Å²) in [6, 6.07) is 5.06. The highest BCUT2D eigenvalue weighted by molar-refractivity contribution is 7.16. The summed E-state index contributed by atoms with van der Waals surface area (Å²) in [5, 5.41) is 10.0. The Balaban J connectivity index is 1.45. The topological polar surface area (TPSA) is 80.9 Å². The highest BCUT2D eigenvalue weighted by Crippen LogP contribution is 2.26. The number of aromatic nitrogens is 2. The molecule has 0 aliphatic carbocycles. The fraction of sp³-hybridized carbons (Fsp3) is 0.400. The summed E-state index contributed by atoms with van der Waals surface area (Å²) in [5.74, 6) is 0.883. The van der Waals surface area contributed by atoms with Crippen molar-refractivity contribution in [1.82, 2.24) is 9.97 Å². The Morgan fingerprint density at radius 2 is 2.24 bits per heavy atom. The van der Waals surface area contributed by atoms with Crippen LogP contribution in [0.3, 0.4) is 0 Å². The van der Waals surface area contributed by atoms with E-state index in [1.807, 2.05) is 12.3 Å². The van der Waals surface area contributed by atoms with Crippen molar-refractivity contribution >= 4 is 39.7 Å². The van der Waals surface area contributed by atoms with Gasteiger partial charge in [-0.2, -0.15) is 0 Å². The molecule has 29 heavy (non-hydrogen) atoms. The molecular weight excluding hydrogens is 397 g/mol. The number of thiazole rings is 1. The van der Waals surface area contributed by atoms with Crippen LogP contribution in [0.25, 0.3) is 23.3 Å². The number of hydrogen-bond donors (Lipinski definition) is 1. The fourth-order valence-electron chi connectivity index (χ4n) is 2.97. The lowest BCUT2D eigenvalue weighted by atomic mass is 10.3. The fourth-order valence-corrected chi connectivity index (χ4v) is 3.84. The monoisotopic (exact) mass is 419 g/mol. The molecule has 154 valence electrons. The Kier molecular flexibility index (Phi) is 6.38. The maximum absolute atomic E-state index is 12.7. The average Bonchev–Trinajstić information content (AvgIpc) is 3.28. The van der Waals surface area contributed by atoms with Crippen LogP contribution >= 0.6 is 11.3 Å². The number of oxazole rings is 1. The number of aliphatic hydroxyl groups excluding tert-OH is 1. The second kappa shape index (κ2) is 9.34. The molecule has 1 atom stereocenters. The molecule has 7 nitrogen and oxygen atoms in total. The normalized spacial score (nSPS) is 16.4. The number of aliphatic hydroxyl groups is 1. The summed E-state index contributed by atoms with van der Waals surface area (Å²) in [5.41, 5.74) is 1.21. The summed E-state index contributed by atoms with van der Waals surface area (Å²) >= 11 is 1.61. The molecule has 3 aromatic rings. The number of ether oxygens (including phenoxy) is 2. The van der Waals surface area contributed by atoms with E-state index in [1.54, 1.807) is 35.6 Å². The van der Waals surface area contributed by atoms with Gasteiger partial charge in [0.1, 0.15) is 24.0 Å². The maximum Gasteiger partial charge on any atom is 0.220 e. The molecule has 0 saturated carbocycles. The second-order valence-corrected chi connectivity index (χ2v) is 7.63. The van der Waals surface area contributed by atoms with Crippen molar-refractivity contribution < 1.29 is 23.4 Å². The molecule has 1 aromatic carbocycles. The minimum absolute atomic E-state index is 0.389. The molecule has 1 saturated heterocycles. The van der Waals surface area contributed by atoms with E-state index in [4.69, 9.17) is 19.0 Å². The van der Waals surface area contributed by atoms with Crippen LogP contribution in [0.5, 0.6) is 5.75 Å². The molecule has 0 bridgehead atoms. The summed E-state index contributed by atoms with van der Waals surface area (Å²) in [7, 11) is 0. The van der Waals surface area contributed by atoms with Gasteiger partial charge in [0.25, 0.3) is 0 Å². The highest BCUT2D eigenvalue weighted by Gasteiger charge is 2.14. The lowest BCUT2D eigenvalue weighted by Crippen LogP contribution is -2.25. The first-order valence-corrected chi connectivity index (χ1v) is 10.3. The van der Waals surface area contributed by atoms with Crippen LogP contribution < -0.4 is 9.64 Å². The number of rotatable bonds is 7. The van der Waals surface area contributed by atoms with E-state index in [0.717, 1.165) is 42.7 Å². The summed E-state index contributed by atoms with van der Waals surface area (Å²) in [6.45, 7) is 2.18. The average molecular weight is 419 g/mol. The Morgan fingerprint density at radius 1 is 1.31 bits per heavy atom. The first-order valence-electron chi connectivity index (χ1n) is 9.46. The van der Waals surface area contributed by atoms with Gasteiger partial charge < -0.3 is 23.9 Å². The molecule has 3 heterocycles. The number of alkyl halides is 1. The third-order valence-corrected chi connectivity index (χ3v) is 5.47. The Morgan fingerprint density at radius 3 is 3.10 bits per heavy atom. The van der Waals surface area contributed by atoms with Crippen molar-refractivity contribution in [2.75, 3.05) is 44.5 Å². The molecule has 4 rings (SSSR count). The van der Waals surface area contributed by atoms with Gasteiger partial charge in [-0.1, -0.05) is 11.3 Å². The number of fused-ring (bicyclic) bond motifs is 1. The number of benzene rings is 1. The first kappa shape index (κ1) is 19.8. The van der Waals surface area contributed by atoms with Crippen LogP contribution in [0.2, 0.25) is 0 Å². The maximum atomic E-state index is 12.7. The minimum Gasteiger partial charge on any atom is -0.485 e. The van der Waals surface area contributed by atoms with Crippen LogP contribution in [0, 0.1) is 0 Å². The zero-order valence-electron chi connectivity index (χ0n) is 15.8. The van der Waals surface area contributed by atoms with Gasteiger partial charge in [0.05, 0.1) is 13.2 Å². The Labute approximate surface area is 171 Å². The molecule has 1 fully saturated rings. The Hall–Kier alpha value is -2.49. The molecular formula is C20H22FN3O4S. The smallest absolute Gasteiger partial charge is 0.220 e. The predicted octanol–water partition coefficient (Wildman–Crippen LogP) is 3.39. The zero-order valence-corrected chi connectivity index (χ0v) is 16.6. The highest BCUT2D eigenvalue weighted by atomic mass is 32.1. The first-order chi connectivity index (χ1) is 14.2. The van der Waals surface area contributed by atoms with Crippen molar-refractivity contribution in [2.45, 2.75) is 12.5 Å². The van der Waals surface area contributed by atoms with E-state index in [-0.39, 0.29) is 6.61 Å². The molecule has 1 N–H and O–H groups in total. The van der Waals surface area contributed by atoms with Crippen molar-refractivity contribution in [3.05, 3.63) is 35.2 Å². The van der Waals surface area contributed by atoms with Gasteiger partial charge in [-0.15, -0.1) is 0 Å². The van der Waals surface area contributed by atoms with Gasteiger partial charge in [0, 0.05) is 42.9 Å². The van der Waals surface area contributed by atoms with Gasteiger partial charge in [-0.25, -0.2) is 14.4 Å². The molecule has 0 spiro atoms. The van der Waals surface area contributed by atoms with E-state index >= 15 is 0 Å². The number of anilines is 1. The number of hydrogen-bond acceptors (Lipinski definition) is 8. The van der Waals surface area contributed by atoms with Gasteiger partial charge in [-0.3, -0.25) is 0 Å². The zero-order chi connectivity index (χ0) is 20.1. The van der Waals surface area contributed by atoms with E-state index in [1.165, 1.54) is 0 Å². The quantitative estimate of drug-likeness (QED) is 0.629. The molecule has 0 amide bonds. The van der Waals surface area contributed by atoms with E-state index in [2.05, 4.69) is 14.9 Å². The molecule has 1 aliphatic heterocycles. The number of halogens is 1.